The van der Waals surface area contributed by atoms with Crippen molar-refractivity contribution in [3.63, 3.8) is 0 Å². The molecule has 1 aliphatic rings. The van der Waals surface area contributed by atoms with E-state index >= 15 is 0 Å². The fraction of sp³-hybridized carbons (Fsp3) is 0.625. The molecule has 70 valence electrons. The molecular weight excluding hydrogens is 166 g/mol. The zero-order valence-corrected chi connectivity index (χ0v) is 7.43. The minimum Gasteiger partial charge on any atom is -0.335 e. The van der Waals surface area contributed by atoms with Gasteiger partial charge in [0, 0.05) is 19.1 Å². The molecule has 5 nitrogen and oxygen atoms in total. The van der Waals surface area contributed by atoms with Gasteiger partial charge in [0.2, 0.25) is 5.95 Å². The van der Waals surface area contributed by atoms with E-state index in [9.17, 15) is 0 Å². The summed E-state index contributed by atoms with van der Waals surface area (Å²) in [5.74, 6) is 0.704. The maximum absolute atomic E-state index is 5.64. The average Bonchev–Trinajstić information content (AvgIpc) is 2.67. The molecule has 2 heterocycles. The minimum absolute atomic E-state index is 0.393. The second kappa shape index (κ2) is 3.66. The molecule has 1 aromatic heterocycles. The second-order valence-electron chi connectivity index (χ2n) is 3.17. The summed E-state index contributed by atoms with van der Waals surface area (Å²) < 4.78 is 0. The van der Waals surface area contributed by atoms with E-state index in [0.717, 1.165) is 13.0 Å². The Labute approximate surface area is 77.0 Å². The SMILES string of the molecule is NCC1CCCN1c1nccnn1. The summed E-state index contributed by atoms with van der Waals surface area (Å²) in [5, 5.41) is 7.77. The first-order chi connectivity index (χ1) is 6.42. The van der Waals surface area contributed by atoms with E-state index in [-0.39, 0.29) is 0 Å². The third-order valence-electron chi connectivity index (χ3n) is 2.38. The number of aromatic nitrogens is 3. The monoisotopic (exact) mass is 179 g/mol. The third kappa shape index (κ3) is 1.60. The van der Waals surface area contributed by atoms with Crippen molar-refractivity contribution in [2.75, 3.05) is 18.0 Å². The number of nitrogens with two attached hydrogens (primary N) is 1. The van der Waals surface area contributed by atoms with Crippen molar-refractivity contribution in [3.8, 4) is 0 Å². The van der Waals surface area contributed by atoms with Crippen LogP contribution in [0, 0.1) is 0 Å². The Morgan fingerprint density at radius 1 is 1.54 bits per heavy atom. The van der Waals surface area contributed by atoms with Gasteiger partial charge in [0.25, 0.3) is 0 Å². The highest BCUT2D eigenvalue weighted by atomic mass is 15.3. The highest BCUT2D eigenvalue weighted by Gasteiger charge is 2.25. The summed E-state index contributed by atoms with van der Waals surface area (Å²) in [7, 11) is 0. The first kappa shape index (κ1) is 8.37. The highest BCUT2D eigenvalue weighted by molar-refractivity contribution is 5.31. The van der Waals surface area contributed by atoms with E-state index in [2.05, 4.69) is 20.1 Å². The van der Waals surface area contributed by atoms with Crippen LogP contribution in [0.4, 0.5) is 5.95 Å². The van der Waals surface area contributed by atoms with Gasteiger partial charge in [-0.2, -0.15) is 5.10 Å². The molecule has 13 heavy (non-hydrogen) atoms. The van der Waals surface area contributed by atoms with Crippen LogP contribution < -0.4 is 10.6 Å². The van der Waals surface area contributed by atoms with E-state index in [4.69, 9.17) is 5.73 Å². The molecule has 1 fully saturated rings. The minimum atomic E-state index is 0.393. The molecule has 1 aliphatic heterocycles. The van der Waals surface area contributed by atoms with Gasteiger partial charge in [-0.05, 0) is 12.8 Å². The van der Waals surface area contributed by atoms with Crippen LogP contribution in [0.15, 0.2) is 12.4 Å². The van der Waals surface area contributed by atoms with Crippen molar-refractivity contribution < 1.29 is 0 Å². The first-order valence-electron chi connectivity index (χ1n) is 4.52. The molecule has 0 spiro atoms. The van der Waals surface area contributed by atoms with Gasteiger partial charge < -0.3 is 10.6 Å². The molecule has 0 radical (unpaired) electrons. The Hall–Kier alpha value is -1.23. The summed E-state index contributed by atoms with van der Waals surface area (Å²) in [6, 6.07) is 0.393. The number of hydrogen-bond acceptors (Lipinski definition) is 5. The first-order valence-corrected chi connectivity index (χ1v) is 4.52. The Morgan fingerprint density at radius 3 is 3.15 bits per heavy atom. The number of hydrogen-bond donors (Lipinski definition) is 1. The Balaban J connectivity index is 2.16. The molecule has 0 amide bonds. The van der Waals surface area contributed by atoms with Crippen LogP contribution >= 0.6 is 0 Å². The van der Waals surface area contributed by atoms with Crippen molar-refractivity contribution in [3.05, 3.63) is 12.4 Å². The molecule has 1 saturated heterocycles. The highest BCUT2D eigenvalue weighted by Crippen LogP contribution is 2.20. The zero-order chi connectivity index (χ0) is 9.10. The number of rotatable bonds is 2. The van der Waals surface area contributed by atoms with Crippen molar-refractivity contribution in [2.24, 2.45) is 5.73 Å². The van der Waals surface area contributed by atoms with Gasteiger partial charge in [0.05, 0.1) is 12.4 Å². The van der Waals surface area contributed by atoms with E-state index in [1.807, 2.05) is 0 Å². The Kier molecular flexibility index (Phi) is 2.35. The van der Waals surface area contributed by atoms with Crippen molar-refractivity contribution in [1.29, 1.82) is 0 Å². The largest absolute Gasteiger partial charge is 0.335 e. The topological polar surface area (TPSA) is 67.9 Å². The van der Waals surface area contributed by atoms with E-state index in [1.54, 1.807) is 12.4 Å². The fourth-order valence-electron chi connectivity index (χ4n) is 1.72. The summed E-state index contributed by atoms with van der Waals surface area (Å²) >= 11 is 0. The van der Waals surface area contributed by atoms with Crippen LogP contribution in [0.1, 0.15) is 12.8 Å². The van der Waals surface area contributed by atoms with Crippen LogP contribution in [0.25, 0.3) is 0 Å². The van der Waals surface area contributed by atoms with Crippen LogP contribution in [0.5, 0.6) is 0 Å². The molecule has 2 rings (SSSR count). The zero-order valence-electron chi connectivity index (χ0n) is 7.43. The lowest BCUT2D eigenvalue weighted by atomic mass is 10.2. The van der Waals surface area contributed by atoms with Crippen molar-refractivity contribution in [1.82, 2.24) is 15.2 Å². The summed E-state index contributed by atoms with van der Waals surface area (Å²) in [6.45, 7) is 1.66. The molecule has 0 aliphatic carbocycles. The maximum Gasteiger partial charge on any atom is 0.245 e. The molecule has 2 N–H and O–H groups in total. The molecule has 1 atom stereocenters. The van der Waals surface area contributed by atoms with Crippen molar-refractivity contribution >= 4 is 5.95 Å². The molecule has 1 aromatic rings. The molecular formula is C8H13N5. The maximum atomic E-state index is 5.64. The third-order valence-corrected chi connectivity index (χ3v) is 2.38. The Bertz CT molecular complexity index is 262. The number of anilines is 1. The summed E-state index contributed by atoms with van der Waals surface area (Å²) in [4.78, 5) is 6.29. The quantitative estimate of drug-likeness (QED) is 0.681. The van der Waals surface area contributed by atoms with Crippen LogP contribution in [0.2, 0.25) is 0 Å². The van der Waals surface area contributed by atoms with E-state index in [1.165, 1.54) is 6.42 Å². The lowest BCUT2D eigenvalue weighted by Gasteiger charge is -2.22. The van der Waals surface area contributed by atoms with Gasteiger partial charge in [-0.3, -0.25) is 0 Å². The molecule has 5 heteroatoms. The summed E-state index contributed by atoms with van der Waals surface area (Å²) in [5.41, 5.74) is 5.64. The van der Waals surface area contributed by atoms with Gasteiger partial charge in [-0.25, -0.2) is 4.98 Å². The van der Waals surface area contributed by atoms with Gasteiger partial charge in [0.1, 0.15) is 0 Å². The molecule has 0 aromatic carbocycles. The molecule has 0 bridgehead atoms. The van der Waals surface area contributed by atoms with Crippen LogP contribution in [-0.2, 0) is 0 Å². The lowest BCUT2D eigenvalue weighted by molar-refractivity contribution is 0.658. The second-order valence-corrected chi connectivity index (χ2v) is 3.17. The normalized spacial score (nSPS) is 22.2. The van der Waals surface area contributed by atoms with Crippen molar-refractivity contribution in [2.45, 2.75) is 18.9 Å². The predicted octanol–water partition coefficient (Wildman–Crippen LogP) is -0.201. The average molecular weight is 179 g/mol. The molecule has 1 unspecified atom stereocenters. The van der Waals surface area contributed by atoms with E-state index in [0.29, 0.717) is 18.5 Å². The smallest absolute Gasteiger partial charge is 0.245 e. The van der Waals surface area contributed by atoms with Gasteiger partial charge in [-0.1, -0.05) is 0 Å². The van der Waals surface area contributed by atoms with Crippen LogP contribution in [0.3, 0.4) is 0 Å². The van der Waals surface area contributed by atoms with Gasteiger partial charge in [0.15, 0.2) is 0 Å². The molecule has 0 saturated carbocycles. The summed E-state index contributed by atoms with van der Waals surface area (Å²) in [6.07, 6.45) is 5.54. The fourth-order valence-corrected chi connectivity index (χ4v) is 1.72. The number of nitrogens with zero attached hydrogens (tertiary/aromatic N) is 4. The predicted molar refractivity (Wildman–Crippen MR) is 49.2 cm³/mol. The van der Waals surface area contributed by atoms with Gasteiger partial charge >= 0.3 is 0 Å². The standard InChI is InChI=1S/C8H13N5/c9-6-7-2-1-5-13(7)8-10-3-4-11-12-8/h3-4,7H,1-2,5-6,9H2. The van der Waals surface area contributed by atoms with Crippen LogP contribution in [-0.4, -0.2) is 34.3 Å². The van der Waals surface area contributed by atoms with Gasteiger partial charge in [-0.15, -0.1) is 5.10 Å². The van der Waals surface area contributed by atoms with E-state index < -0.39 is 0 Å². The Morgan fingerprint density at radius 2 is 2.46 bits per heavy atom. The lowest BCUT2D eigenvalue weighted by Crippen LogP contribution is -2.36.